The van der Waals surface area contributed by atoms with E-state index in [9.17, 15) is 4.79 Å². The van der Waals surface area contributed by atoms with Crippen molar-refractivity contribution in [1.82, 2.24) is 0 Å². The smallest absolute Gasteiger partial charge is 0.196 e. The van der Waals surface area contributed by atoms with Crippen LogP contribution < -0.4 is 15.2 Å². The third-order valence-corrected chi connectivity index (χ3v) is 2.98. The van der Waals surface area contributed by atoms with Crippen LogP contribution in [0.15, 0.2) is 42.5 Å². The van der Waals surface area contributed by atoms with Gasteiger partial charge in [0.1, 0.15) is 11.5 Å². The summed E-state index contributed by atoms with van der Waals surface area (Å²) in [7, 11) is 0. The quantitative estimate of drug-likeness (QED) is 0.653. The standard InChI is InChI=1S/C17H19NO3/c1-3-20-14-9-10-16(21-4-2)15(11-14)17(19)12-5-7-13(18)8-6-12/h5-11H,3-4,18H2,1-2H3. The Morgan fingerprint density at radius 2 is 1.67 bits per heavy atom. The van der Waals surface area contributed by atoms with Crippen LogP contribution >= 0.6 is 0 Å². The third kappa shape index (κ3) is 3.54. The van der Waals surface area contributed by atoms with Crippen molar-refractivity contribution in [3.05, 3.63) is 53.6 Å². The van der Waals surface area contributed by atoms with Gasteiger partial charge in [-0.3, -0.25) is 4.79 Å². The molecule has 0 radical (unpaired) electrons. The molecule has 110 valence electrons. The van der Waals surface area contributed by atoms with Crippen LogP contribution in [0, 0.1) is 0 Å². The summed E-state index contributed by atoms with van der Waals surface area (Å²) in [6.07, 6.45) is 0. The predicted octanol–water partition coefficient (Wildman–Crippen LogP) is 3.30. The lowest BCUT2D eigenvalue weighted by atomic mass is 10.0. The average Bonchev–Trinajstić information content (AvgIpc) is 2.49. The largest absolute Gasteiger partial charge is 0.494 e. The molecule has 0 bridgehead atoms. The lowest BCUT2D eigenvalue weighted by Gasteiger charge is -2.12. The Labute approximate surface area is 124 Å². The van der Waals surface area contributed by atoms with E-state index in [4.69, 9.17) is 15.2 Å². The van der Waals surface area contributed by atoms with Crippen LogP contribution in [-0.4, -0.2) is 19.0 Å². The summed E-state index contributed by atoms with van der Waals surface area (Å²) < 4.78 is 11.0. The van der Waals surface area contributed by atoms with Crippen LogP contribution in [0.5, 0.6) is 11.5 Å². The van der Waals surface area contributed by atoms with E-state index in [0.717, 1.165) is 0 Å². The number of rotatable bonds is 6. The van der Waals surface area contributed by atoms with Gasteiger partial charge in [0.15, 0.2) is 5.78 Å². The van der Waals surface area contributed by atoms with Gasteiger partial charge in [-0.1, -0.05) is 0 Å². The summed E-state index contributed by atoms with van der Waals surface area (Å²) in [5.41, 5.74) is 7.34. The molecule has 21 heavy (non-hydrogen) atoms. The van der Waals surface area contributed by atoms with Gasteiger partial charge < -0.3 is 15.2 Å². The molecule has 2 N–H and O–H groups in total. The summed E-state index contributed by atoms with van der Waals surface area (Å²) in [4.78, 5) is 12.6. The monoisotopic (exact) mass is 285 g/mol. The molecule has 0 aliphatic rings. The molecule has 0 heterocycles. The van der Waals surface area contributed by atoms with Crippen LogP contribution in [0.25, 0.3) is 0 Å². The first-order valence-corrected chi connectivity index (χ1v) is 6.95. The van der Waals surface area contributed by atoms with Crippen molar-refractivity contribution in [2.24, 2.45) is 0 Å². The van der Waals surface area contributed by atoms with E-state index in [0.29, 0.717) is 41.5 Å². The summed E-state index contributed by atoms with van der Waals surface area (Å²) in [6, 6.07) is 12.1. The van der Waals surface area contributed by atoms with E-state index in [1.165, 1.54) is 0 Å². The molecule has 0 atom stereocenters. The number of ether oxygens (including phenoxy) is 2. The van der Waals surface area contributed by atoms with Gasteiger partial charge in [-0.25, -0.2) is 0 Å². The molecule has 4 heteroatoms. The van der Waals surface area contributed by atoms with Crippen molar-refractivity contribution in [2.45, 2.75) is 13.8 Å². The zero-order chi connectivity index (χ0) is 15.2. The Morgan fingerprint density at radius 3 is 2.29 bits per heavy atom. The van der Waals surface area contributed by atoms with Crippen molar-refractivity contribution >= 4 is 11.5 Å². The van der Waals surface area contributed by atoms with Crippen molar-refractivity contribution < 1.29 is 14.3 Å². The first kappa shape index (κ1) is 14.9. The molecule has 0 fully saturated rings. The highest BCUT2D eigenvalue weighted by atomic mass is 16.5. The fraction of sp³-hybridized carbons (Fsp3) is 0.235. The van der Waals surface area contributed by atoms with Crippen LogP contribution in [0.2, 0.25) is 0 Å². The molecule has 0 aliphatic carbocycles. The van der Waals surface area contributed by atoms with E-state index in [-0.39, 0.29) is 5.78 Å². The SMILES string of the molecule is CCOc1ccc(OCC)c(C(=O)c2ccc(N)cc2)c1. The van der Waals surface area contributed by atoms with Gasteiger partial charge >= 0.3 is 0 Å². The molecule has 0 spiro atoms. The minimum absolute atomic E-state index is 0.111. The lowest BCUT2D eigenvalue weighted by molar-refractivity contribution is 0.103. The maximum atomic E-state index is 12.6. The number of hydrogen-bond acceptors (Lipinski definition) is 4. The second kappa shape index (κ2) is 6.79. The Hall–Kier alpha value is -2.49. The van der Waals surface area contributed by atoms with Crippen LogP contribution in [0.1, 0.15) is 29.8 Å². The summed E-state index contributed by atoms with van der Waals surface area (Å²) in [6.45, 7) is 4.82. The van der Waals surface area contributed by atoms with Crippen LogP contribution in [-0.2, 0) is 0 Å². The summed E-state index contributed by atoms with van der Waals surface area (Å²) in [5.74, 6) is 1.10. The number of hydrogen-bond donors (Lipinski definition) is 1. The molecular formula is C17H19NO3. The predicted molar refractivity (Wildman–Crippen MR) is 83.1 cm³/mol. The van der Waals surface area contributed by atoms with Crippen molar-refractivity contribution in [3.63, 3.8) is 0 Å². The fourth-order valence-corrected chi connectivity index (χ4v) is 2.01. The normalized spacial score (nSPS) is 10.2. The minimum atomic E-state index is -0.111. The van der Waals surface area contributed by atoms with Gasteiger partial charge in [0, 0.05) is 11.3 Å². The number of carbonyl (C=O) groups is 1. The molecular weight excluding hydrogens is 266 g/mol. The highest BCUT2D eigenvalue weighted by molar-refractivity contribution is 6.11. The van der Waals surface area contributed by atoms with Crippen molar-refractivity contribution in [3.8, 4) is 11.5 Å². The molecule has 0 saturated carbocycles. The number of anilines is 1. The zero-order valence-electron chi connectivity index (χ0n) is 12.3. The van der Waals surface area contributed by atoms with E-state index in [1.54, 1.807) is 42.5 Å². The number of nitrogen functional groups attached to an aromatic ring is 1. The third-order valence-electron chi connectivity index (χ3n) is 2.98. The summed E-state index contributed by atoms with van der Waals surface area (Å²) >= 11 is 0. The van der Waals surface area contributed by atoms with Crippen molar-refractivity contribution in [2.75, 3.05) is 18.9 Å². The molecule has 2 aromatic rings. The molecule has 2 aromatic carbocycles. The molecule has 0 amide bonds. The van der Waals surface area contributed by atoms with E-state index >= 15 is 0 Å². The second-order valence-corrected chi connectivity index (χ2v) is 4.48. The number of benzene rings is 2. The maximum Gasteiger partial charge on any atom is 0.196 e. The Morgan fingerprint density at radius 1 is 1.00 bits per heavy atom. The highest BCUT2D eigenvalue weighted by Gasteiger charge is 2.16. The number of nitrogens with two attached hydrogens (primary N) is 1. The molecule has 0 aromatic heterocycles. The highest BCUT2D eigenvalue weighted by Crippen LogP contribution is 2.27. The lowest BCUT2D eigenvalue weighted by Crippen LogP contribution is -2.06. The molecule has 4 nitrogen and oxygen atoms in total. The Kier molecular flexibility index (Phi) is 4.82. The topological polar surface area (TPSA) is 61.5 Å². The second-order valence-electron chi connectivity index (χ2n) is 4.48. The van der Waals surface area contributed by atoms with Crippen LogP contribution in [0.3, 0.4) is 0 Å². The fourth-order valence-electron chi connectivity index (χ4n) is 2.01. The Balaban J connectivity index is 2.41. The number of carbonyl (C=O) groups excluding carboxylic acids is 1. The van der Waals surface area contributed by atoms with Gasteiger partial charge in [0.05, 0.1) is 18.8 Å². The first-order valence-electron chi connectivity index (χ1n) is 6.95. The van der Waals surface area contributed by atoms with Gasteiger partial charge in [-0.15, -0.1) is 0 Å². The number of ketones is 1. The van der Waals surface area contributed by atoms with E-state index in [1.807, 2.05) is 13.8 Å². The molecule has 0 saturated heterocycles. The van der Waals surface area contributed by atoms with Crippen molar-refractivity contribution in [1.29, 1.82) is 0 Å². The van der Waals surface area contributed by atoms with Crippen LogP contribution in [0.4, 0.5) is 5.69 Å². The average molecular weight is 285 g/mol. The van der Waals surface area contributed by atoms with E-state index in [2.05, 4.69) is 0 Å². The van der Waals surface area contributed by atoms with Gasteiger partial charge in [0.2, 0.25) is 0 Å². The van der Waals surface area contributed by atoms with Gasteiger partial charge in [0.25, 0.3) is 0 Å². The zero-order valence-corrected chi connectivity index (χ0v) is 12.3. The van der Waals surface area contributed by atoms with Gasteiger partial charge in [-0.2, -0.15) is 0 Å². The maximum absolute atomic E-state index is 12.6. The molecule has 0 unspecified atom stereocenters. The Bertz CT molecular complexity index is 620. The summed E-state index contributed by atoms with van der Waals surface area (Å²) in [5, 5.41) is 0. The minimum Gasteiger partial charge on any atom is -0.494 e. The van der Waals surface area contributed by atoms with Gasteiger partial charge in [-0.05, 0) is 56.3 Å². The molecule has 0 aliphatic heterocycles. The first-order chi connectivity index (χ1) is 10.2. The molecule has 2 rings (SSSR count). The van der Waals surface area contributed by atoms with E-state index < -0.39 is 0 Å².